The molecule has 1 heterocycles. The van der Waals surface area contributed by atoms with Gasteiger partial charge >= 0.3 is 0 Å². The lowest BCUT2D eigenvalue weighted by atomic mass is 10.2. The van der Waals surface area contributed by atoms with E-state index in [1.807, 2.05) is 30.3 Å². The molecule has 2 N–H and O–H groups in total. The van der Waals surface area contributed by atoms with Gasteiger partial charge in [0.25, 0.3) is 0 Å². The molecule has 11 heavy (non-hydrogen) atoms. The second-order valence-corrected chi connectivity index (χ2v) is 2.33. The van der Waals surface area contributed by atoms with E-state index in [0.29, 0.717) is 6.67 Å². The monoisotopic (exact) mass is 147 g/mol. The molecule has 0 aromatic heterocycles. The van der Waals surface area contributed by atoms with Gasteiger partial charge in [-0.25, -0.2) is 10.4 Å². The van der Waals surface area contributed by atoms with E-state index in [-0.39, 0.29) is 0 Å². The zero-order valence-electron chi connectivity index (χ0n) is 6.04. The summed E-state index contributed by atoms with van der Waals surface area (Å²) in [6.45, 7) is 0.657. The molecule has 0 aliphatic carbocycles. The molecule has 0 spiro atoms. The molecule has 0 radical (unpaired) electrons. The molecule has 0 saturated carbocycles. The molecule has 56 valence electrons. The van der Waals surface area contributed by atoms with Crippen molar-refractivity contribution in [2.75, 3.05) is 6.67 Å². The molecule has 0 atom stereocenters. The van der Waals surface area contributed by atoms with Crippen molar-refractivity contribution in [3.63, 3.8) is 0 Å². The van der Waals surface area contributed by atoms with Gasteiger partial charge in [0.15, 0.2) is 0 Å². The minimum absolute atomic E-state index is 0.657. The van der Waals surface area contributed by atoms with E-state index >= 15 is 0 Å². The molecular formula is C8H9N3. The fourth-order valence-corrected chi connectivity index (χ4v) is 1.04. The minimum Gasteiger partial charge on any atom is -0.304 e. The third-order valence-electron chi connectivity index (χ3n) is 1.57. The van der Waals surface area contributed by atoms with E-state index in [0.717, 1.165) is 11.4 Å². The Labute approximate surface area is 65.1 Å². The SMILES string of the molecule is c1ccc(C2=NCNN2)cc1. The fraction of sp³-hybridized carbons (Fsp3) is 0.125. The predicted octanol–water partition coefficient (Wildman–Crippen LogP) is 0.499. The van der Waals surface area contributed by atoms with E-state index < -0.39 is 0 Å². The largest absolute Gasteiger partial charge is 0.304 e. The van der Waals surface area contributed by atoms with E-state index in [1.165, 1.54) is 0 Å². The maximum absolute atomic E-state index is 4.20. The van der Waals surface area contributed by atoms with Crippen LogP contribution < -0.4 is 10.9 Å². The van der Waals surface area contributed by atoms with Gasteiger partial charge in [0.05, 0.1) is 0 Å². The maximum Gasteiger partial charge on any atom is 0.144 e. The highest BCUT2D eigenvalue weighted by molar-refractivity contribution is 5.99. The van der Waals surface area contributed by atoms with Crippen molar-refractivity contribution in [3.8, 4) is 0 Å². The highest BCUT2D eigenvalue weighted by atomic mass is 15.5. The molecule has 0 amide bonds. The summed E-state index contributed by atoms with van der Waals surface area (Å²) in [4.78, 5) is 4.20. The molecule has 1 aliphatic rings. The van der Waals surface area contributed by atoms with Crippen molar-refractivity contribution in [3.05, 3.63) is 35.9 Å². The molecule has 2 rings (SSSR count). The van der Waals surface area contributed by atoms with Crippen LogP contribution in [-0.2, 0) is 0 Å². The molecule has 3 nitrogen and oxygen atoms in total. The van der Waals surface area contributed by atoms with Crippen molar-refractivity contribution in [2.24, 2.45) is 4.99 Å². The van der Waals surface area contributed by atoms with E-state index in [1.54, 1.807) is 0 Å². The smallest absolute Gasteiger partial charge is 0.144 e. The van der Waals surface area contributed by atoms with Gasteiger partial charge in [0, 0.05) is 5.56 Å². The first-order valence-electron chi connectivity index (χ1n) is 3.55. The molecule has 0 bridgehead atoms. The van der Waals surface area contributed by atoms with Crippen LogP contribution in [-0.4, -0.2) is 12.5 Å². The van der Waals surface area contributed by atoms with Crippen LogP contribution in [0.4, 0.5) is 0 Å². The molecule has 1 aromatic rings. The summed E-state index contributed by atoms with van der Waals surface area (Å²) in [5.41, 5.74) is 7.01. The normalized spacial score (nSPS) is 15.8. The summed E-state index contributed by atoms with van der Waals surface area (Å²) in [5, 5.41) is 0. The predicted molar refractivity (Wildman–Crippen MR) is 44.1 cm³/mol. The van der Waals surface area contributed by atoms with Gasteiger partial charge in [-0.1, -0.05) is 30.3 Å². The average Bonchev–Trinajstić information content (AvgIpc) is 2.58. The third kappa shape index (κ3) is 1.23. The van der Waals surface area contributed by atoms with Crippen LogP contribution in [0.5, 0.6) is 0 Å². The Morgan fingerprint density at radius 1 is 1.18 bits per heavy atom. The van der Waals surface area contributed by atoms with Crippen LogP contribution in [0.2, 0.25) is 0 Å². The van der Waals surface area contributed by atoms with Crippen LogP contribution in [0.25, 0.3) is 0 Å². The number of nitrogens with one attached hydrogen (secondary N) is 2. The van der Waals surface area contributed by atoms with Crippen LogP contribution in [0.1, 0.15) is 5.56 Å². The zero-order valence-corrected chi connectivity index (χ0v) is 6.04. The van der Waals surface area contributed by atoms with Gasteiger partial charge in [0.1, 0.15) is 12.5 Å². The second kappa shape index (κ2) is 2.72. The van der Waals surface area contributed by atoms with Gasteiger partial charge in [-0.2, -0.15) is 0 Å². The third-order valence-corrected chi connectivity index (χ3v) is 1.57. The molecular weight excluding hydrogens is 138 g/mol. The molecule has 1 aliphatic heterocycles. The summed E-state index contributed by atoms with van der Waals surface area (Å²) in [5.74, 6) is 0.922. The van der Waals surface area contributed by atoms with Crippen molar-refractivity contribution < 1.29 is 0 Å². The first-order chi connectivity index (χ1) is 5.47. The summed E-state index contributed by atoms with van der Waals surface area (Å²) >= 11 is 0. The number of benzene rings is 1. The number of hydrazine groups is 1. The first kappa shape index (κ1) is 6.37. The van der Waals surface area contributed by atoms with Crippen molar-refractivity contribution >= 4 is 5.84 Å². The van der Waals surface area contributed by atoms with Gasteiger partial charge in [-0.15, -0.1) is 0 Å². The summed E-state index contributed by atoms with van der Waals surface area (Å²) < 4.78 is 0. The van der Waals surface area contributed by atoms with Crippen molar-refractivity contribution in [2.45, 2.75) is 0 Å². The Morgan fingerprint density at radius 3 is 2.64 bits per heavy atom. The lowest BCUT2D eigenvalue weighted by molar-refractivity contribution is 0.727. The number of hydrogen-bond donors (Lipinski definition) is 2. The summed E-state index contributed by atoms with van der Waals surface area (Å²) in [6.07, 6.45) is 0. The Bertz CT molecular complexity index is 266. The van der Waals surface area contributed by atoms with E-state index in [2.05, 4.69) is 15.8 Å². The van der Waals surface area contributed by atoms with Gasteiger partial charge < -0.3 is 5.43 Å². The number of hydrogen-bond acceptors (Lipinski definition) is 3. The Kier molecular flexibility index (Phi) is 1.57. The molecule has 1 aromatic carbocycles. The van der Waals surface area contributed by atoms with Crippen LogP contribution in [0.15, 0.2) is 35.3 Å². The molecule has 0 unspecified atom stereocenters. The molecule has 0 fully saturated rings. The number of nitrogens with zero attached hydrogens (tertiary/aromatic N) is 1. The van der Waals surface area contributed by atoms with E-state index in [4.69, 9.17) is 0 Å². The standard InChI is InChI=1S/C8H9N3/c1-2-4-7(5-3-1)8-9-6-10-11-8/h1-5,10H,6H2,(H,9,11). The highest BCUT2D eigenvalue weighted by Gasteiger charge is 2.04. The van der Waals surface area contributed by atoms with Crippen LogP contribution in [0, 0.1) is 0 Å². The quantitative estimate of drug-likeness (QED) is 0.606. The number of amidine groups is 1. The average molecular weight is 147 g/mol. The van der Waals surface area contributed by atoms with Gasteiger partial charge in [0.2, 0.25) is 0 Å². The maximum atomic E-state index is 4.20. The van der Waals surface area contributed by atoms with Gasteiger partial charge in [-0.3, -0.25) is 0 Å². The lowest BCUT2D eigenvalue weighted by Gasteiger charge is -1.99. The molecule has 0 saturated heterocycles. The zero-order chi connectivity index (χ0) is 7.52. The minimum atomic E-state index is 0.657. The lowest BCUT2D eigenvalue weighted by Crippen LogP contribution is -2.30. The Hall–Kier alpha value is -1.35. The summed E-state index contributed by atoms with van der Waals surface area (Å²) in [6, 6.07) is 10.0. The first-order valence-corrected chi connectivity index (χ1v) is 3.55. The van der Waals surface area contributed by atoms with Gasteiger partial charge in [-0.05, 0) is 0 Å². The summed E-state index contributed by atoms with van der Waals surface area (Å²) in [7, 11) is 0. The second-order valence-electron chi connectivity index (χ2n) is 2.33. The highest BCUT2D eigenvalue weighted by Crippen LogP contribution is 1.99. The Balaban J connectivity index is 2.29. The Morgan fingerprint density at radius 2 is 2.00 bits per heavy atom. The van der Waals surface area contributed by atoms with Crippen molar-refractivity contribution in [1.82, 2.24) is 10.9 Å². The van der Waals surface area contributed by atoms with E-state index in [9.17, 15) is 0 Å². The molecule has 3 heteroatoms. The van der Waals surface area contributed by atoms with Crippen LogP contribution in [0.3, 0.4) is 0 Å². The number of aliphatic imine (C=N–C) groups is 1. The van der Waals surface area contributed by atoms with Crippen molar-refractivity contribution in [1.29, 1.82) is 0 Å². The fourth-order valence-electron chi connectivity index (χ4n) is 1.04. The topological polar surface area (TPSA) is 36.4 Å². The van der Waals surface area contributed by atoms with Crippen LogP contribution >= 0.6 is 0 Å². The number of rotatable bonds is 1.